The maximum Gasteiger partial charge on any atom is 0.307 e. The normalized spacial score (nSPS) is 29.1. The van der Waals surface area contributed by atoms with Crippen LogP contribution in [0.5, 0.6) is 0 Å². The van der Waals surface area contributed by atoms with Gasteiger partial charge in [-0.05, 0) is 31.6 Å². The lowest BCUT2D eigenvalue weighted by Crippen LogP contribution is -2.49. The second-order valence-electron chi connectivity index (χ2n) is 6.19. The van der Waals surface area contributed by atoms with Crippen molar-refractivity contribution in [1.29, 1.82) is 0 Å². The molecule has 3 atom stereocenters. The van der Waals surface area contributed by atoms with E-state index < -0.39 is 0 Å². The number of carbonyl (C=O) groups excluding carboxylic acids is 2. The first-order valence-electron chi connectivity index (χ1n) is 8.12. The molecule has 5 nitrogen and oxygen atoms in total. The van der Waals surface area contributed by atoms with Crippen LogP contribution in [-0.2, 0) is 19.1 Å². The molecule has 0 bridgehead atoms. The van der Waals surface area contributed by atoms with Crippen LogP contribution in [0.2, 0.25) is 0 Å². The Labute approximate surface area is 127 Å². The molecule has 0 spiro atoms. The minimum absolute atomic E-state index is 0.0650. The molecule has 0 aromatic carbocycles. The zero-order chi connectivity index (χ0) is 15.2. The van der Waals surface area contributed by atoms with Crippen LogP contribution >= 0.6 is 0 Å². The van der Waals surface area contributed by atoms with Gasteiger partial charge >= 0.3 is 5.97 Å². The highest BCUT2D eigenvalue weighted by atomic mass is 16.5. The molecule has 1 aliphatic carbocycles. The molecule has 5 heteroatoms. The Morgan fingerprint density at radius 2 is 1.95 bits per heavy atom. The van der Waals surface area contributed by atoms with E-state index in [9.17, 15) is 9.59 Å². The van der Waals surface area contributed by atoms with Crippen LogP contribution in [-0.4, -0.2) is 49.2 Å². The van der Waals surface area contributed by atoms with Gasteiger partial charge in [0.25, 0.3) is 5.91 Å². The van der Waals surface area contributed by atoms with Crippen molar-refractivity contribution in [3.8, 4) is 0 Å². The molecule has 1 amide bonds. The fourth-order valence-electron chi connectivity index (χ4n) is 3.47. The van der Waals surface area contributed by atoms with Crippen LogP contribution < -0.4 is 0 Å². The molecule has 0 N–H and O–H groups in total. The second-order valence-corrected chi connectivity index (χ2v) is 6.19. The van der Waals surface area contributed by atoms with Gasteiger partial charge in [0.15, 0.2) is 0 Å². The lowest BCUT2D eigenvalue weighted by atomic mass is 9.84. The Bertz CT molecular complexity index is 365. The second kappa shape index (κ2) is 7.78. The van der Waals surface area contributed by atoms with Gasteiger partial charge in [0, 0.05) is 19.2 Å². The highest BCUT2D eigenvalue weighted by Gasteiger charge is 2.35. The van der Waals surface area contributed by atoms with Crippen molar-refractivity contribution in [3.63, 3.8) is 0 Å². The molecule has 0 aromatic heterocycles. The lowest BCUT2D eigenvalue weighted by Gasteiger charge is -2.39. The molecular weight excluding hydrogens is 270 g/mol. The van der Waals surface area contributed by atoms with Crippen molar-refractivity contribution in [2.75, 3.05) is 20.3 Å². The minimum Gasteiger partial charge on any atom is -0.469 e. The van der Waals surface area contributed by atoms with Gasteiger partial charge in [-0.1, -0.05) is 19.8 Å². The summed E-state index contributed by atoms with van der Waals surface area (Å²) < 4.78 is 10.3. The van der Waals surface area contributed by atoms with E-state index in [4.69, 9.17) is 9.47 Å². The Morgan fingerprint density at radius 3 is 2.57 bits per heavy atom. The molecule has 1 heterocycles. The lowest BCUT2D eigenvalue weighted by molar-refractivity contribution is -0.147. The molecule has 3 unspecified atom stereocenters. The first-order valence-corrected chi connectivity index (χ1v) is 8.12. The van der Waals surface area contributed by atoms with Crippen molar-refractivity contribution >= 4 is 11.9 Å². The Balaban J connectivity index is 2.04. The summed E-state index contributed by atoms with van der Waals surface area (Å²) in [7, 11) is 1.39. The van der Waals surface area contributed by atoms with E-state index in [0.717, 1.165) is 32.1 Å². The van der Waals surface area contributed by atoms with Crippen molar-refractivity contribution in [2.45, 2.75) is 64.0 Å². The molecule has 21 heavy (non-hydrogen) atoms. The topological polar surface area (TPSA) is 55.8 Å². The van der Waals surface area contributed by atoms with Gasteiger partial charge < -0.3 is 14.4 Å². The average Bonchev–Trinajstić information content (AvgIpc) is 3.02. The van der Waals surface area contributed by atoms with E-state index in [1.807, 2.05) is 4.90 Å². The number of ether oxygens (including phenoxy) is 2. The van der Waals surface area contributed by atoms with Crippen LogP contribution in [0, 0.1) is 5.92 Å². The zero-order valence-corrected chi connectivity index (χ0v) is 13.2. The third kappa shape index (κ3) is 4.19. The van der Waals surface area contributed by atoms with Gasteiger partial charge in [0.2, 0.25) is 0 Å². The first-order chi connectivity index (χ1) is 10.1. The summed E-state index contributed by atoms with van der Waals surface area (Å²) in [5, 5.41) is 0. The van der Waals surface area contributed by atoms with Crippen molar-refractivity contribution in [2.24, 2.45) is 5.92 Å². The Morgan fingerprint density at radius 1 is 1.19 bits per heavy atom. The van der Waals surface area contributed by atoms with E-state index >= 15 is 0 Å². The van der Waals surface area contributed by atoms with E-state index in [2.05, 4.69) is 6.92 Å². The summed E-state index contributed by atoms with van der Waals surface area (Å²) >= 11 is 0. The molecule has 2 rings (SSSR count). The summed E-state index contributed by atoms with van der Waals surface area (Å²) in [5.74, 6) is 0.292. The fourth-order valence-corrected chi connectivity index (χ4v) is 3.47. The molecule has 1 aliphatic heterocycles. The minimum atomic E-state index is -0.309. The summed E-state index contributed by atoms with van der Waals surface area (Å²) in [6.07, 6.45) is 6.27. The largest absolute Gasteiger partial charge is 0.469 e. The number of hydrogen-bond acceptors (Lipinski definition) is 4. The molecule has 1 saturated carbocycles. The van der Waals surface area contributed by atoms with Crippen molar-refractivity contribution < 1.29 is 19.1 Å². The fraction of sp³-hybridized carbons (Fsp3) is 0.875. The molecule has 120 valence electrons. The standard InChI is InChI=1S/C16H27NO4/c1-12-6-3-4-7-13(12)17(10-9-15(18)20-2)16(19)14-8-5-11-21-14/h12-14H,3-11H2,1-2H3. The number of rotatable bonds is 5. The number of hydrogen-bond donors (Lipinski definition) is 0. The third-order valence-electron chi connectivity index (χ3n) is 4.74. The maximum atomic E-state index is 12.7. The smallest absolute Gasteiger partial charge is 0.307 e. The van der Waals surface area contributed by atoms with Crippen LogP contribution in [0.4, 0.5) is 0 Å². The molecule has 0 radical (unpaired) electrons. The van der Waals surface area contributed by atoms with Crippen molar-refractivity contribution in [1.82, 2.24) is 4.90 Å². The number of carbonyl (C=O) groups is 2. The number of methoxy groups -OCH3 is 1. The summed E-state index contributed by atoms with van der Waals surface area (Å²) in [6.45, 7) is 3.32. The van der Waals surface area contributed by atoms with Gasteiger partial charge in [-0.15, -0.1) is 0 Å². The van der Waals surface area contributed by atoms with Crippen LogP contribution in [0.3, 0.4) is 0 Å². The number of nitrogens with zero attached hydrogens (tertiary/aromatic N) is 1. The highest BCUT2D eigenvalue weighted by molar-refractivity contribution is 5.82. The molecule has 1 saturated heterocycles. The third-order valence-corrected chi connectivity index (χ3v) is 4.74. The predicted molar refractivity (Wildman–Crippen MR) is 78.7 cm³/mol. The summed E-state index contributed by atoms with van der Waals surface area (Å²) in [4.78, 5) is 26.1. The van der Waals surface area contributed by atoms with E-state index in [1.165, 1.54) is 13.5 Å². The summed E-state index contributed by atoms with van der Waals surface area (Å²) in [6, 6.07) is 0.236. The van der Waals surface area contributed by atoms with E-state index in [0.29, 0.717) is 19.1 Å². The van der Waals surface area contributed by atoms with Gasteiger partial charge in [-0.2, -0.15) is 0 Å². The average molecular weight is 297 g/mol. The molecule has 0 aromatic rings. The number of esters is 1. The predicted octanol–water partition coefficient (Wildman–Crippen LogP) is 2.14. The van der Waals surface area contributed by atoms with Crippen LogP contribution in [0.1, 0.15) is 51.9 Å². The van der Waals surface area contributed by atoms with Crippen LogP contribution in [0.25, 0.3) is 0 Å². The first kappa shape index (κ1) is 16.3. The summed E-state index contributed by atoms with van der Waals surface area (Å²) in [5.41, 5.74) is 0. The Hall–Kier alpha value is -1.10. The van der Waals surface area contributed by atoms with E-state index in [1.54, 1.807) is 0 Å². The quantitative estimate of drug-likeness (QED) is 0.730. The molecule has 2 aliphatic rings. The zero-order valence-electron chi connectivity index (χ0n) is 13.2. The number of amides is 1. The SMILES string of the molecule is COC(=O)CCN(C(=O)C1CCCO1)C1CCCCC1C. The van der Waals surface area contributed by atoms with Gasteiger partial charge in [0.1, 0.15) is 6.10 Å². The maximum absolute atomic E-state index is 12.7. The highest BCUT2D eigenvalue weighted by Crippen LogP contribution is 2.30. The van der Waals surface area contributed by atoms with Crippen LogP contribution in [0.15, 0.2) is 0 Å². The van der Waals surface area contributed by atoms with Gasteiger partial charge in [-0.3, -0.25) is 9.59 Å². The molecular formula is C16H27NO4. The van der Waals surface area contributed by atoms with Crippen molar-refractivity contribution in [3.05, 3.63) is 0 Å². The molecule has 2 fully saturated rings. The van der Waals surface area contributed by atoms with Gasteiger partial charge in [-0.25, -0.2) is 0 Å². The monoisotopic (exact) mass is 297 g/mol. The van der Waals surface area contributed by atoms with Gasteiger partial charge in [0.05, 0.1) is 13.5 Å². The Kier molecular flexibility index (Phi) is 6.03. The van der Waals surface area contributed by atoms with E-state index in [-0.39, 0.29) is 30.4 Å².